The SMILES string of the molecule is O=C(OCc1cc(Cl)cc(Cl)c1)N1CCC2CN(C(=O)c3ccc4[nH]c(=O)oc4c3)C[C@H]2C1. The van der Waals surface area contributed by atoms with Crippen LogP contribution in [-0.2, 0) is 11.3 Å². The van der Waals surface area contributed by atoms with E-state index in [2.05, 4.69) is 4.98 Å². The van der Waals surface area contributed by atoms with Crippen LogP contribution in [0, 0.1) is 11.8 Å². The minimum atomic E-state index is -0.549. The third-order valence-corrected chi connectivity index (χ3v) is 6.74. The predicted molar refractivity (Wildman–Crippen MR) is 123 cm³/mol. The number of hydrogen-bond donors (Lipinski definition) is 1. The zero-order chi connectivity index (χ0) is 23.1. The lowest BCUT2D eigenvalue weighted by Crippen LogP contribution is -2.43. The number of nitrogens with one attached hydrogen (secondary N) is 1. The van der Waals surface area contributed by atoms with Crippen molar-refractivity contribution in [2.24, 2.45) is 11.8 Å². The first kappa shape index (κ1) is 21.9. The second-order valence-corrected chi connectivity index (χ2v) is 9.40. The topological polar surface area (TPSA) is 95.9 Å². The molecule has 2 aliphatic heterocycles. The molecule has 2 amide bonds. The van der Waals surface area contributed by atoms with Gasteiger partial charge < -0.3 is 19.0 Å². The highest BCUT2D eigenvalue weighted by molar-refractivity contribution is 6.34. The molecule has 33 heavy (non-hydrogen) atoms. The van der Waals surface area contributed by atoms with Crippen LogP contribution in [-0.4, -0.2) is 53.0 Å². The fraction of sp³-hybridized carbons (Fsp3) is 0.348. The summed E-state index contributed by atoms with van der Waals surface area (Å²) in [6, 6.07) is 9.99. The largest absolute Gasteiger partial charge is 0.445 e. The summed E-state index contributed by atoms with van der Waals surface area (Å²) in [6.07, 6.45) is 0.417. The minimum Gasteiger partial charge on any atom is -0.445 e. The Morgan fingerprint density at radius 1 is 1.03 bits per heavy atom. The standard InChI is InChI=1S/C23H21Cl2N3O5/c24-17-5-13(6-18(25)8-17)12-32-23(31)27-4-3-15-9-28(11-16(15)10-27)21(29)14-1-2-19-20(7-14)33-22(30)26-19/h1-2,5-8,15-16H,3-4,9-12H2,(H,26,30)/t15?,16-/m1/s1. The molecule has 3 aromatic rings. The number of oxazole rings is 1. The maximum Gasteiger partial charge on any atom is 0.417 e. The van der Waals surface area contributed by atoms with Gasteiger partial charge in [-0.15, -0.1) is 0 Å². The molecule has 1 aromatic heterocycles. The van der Waals surface area contributed by atoms with Crippen molar-refractivity contribution in [2.45, 2.75) is 13.0 Å². The summed E-state index contributed by atoms with van der Waals surface area (Å²) in [5, 5.41) is 0.978. The van der Waals surface area contributed by atoms with Crippen LogP contribution < -0.4 is 5.76 Å². The summed E-state index contributed by atoms with van der Waals surface area (Å²) in [4.78, 5) is 43.1. The van der Waals surface area contributed by atoms with Crippen LogP contribution in [0.1, 0.15) is 22.3 Å². The summed E-state index contributed by atoms with van der Waals surface area (Å²) in [6.45, 7) is 2.41. The number of fused-ring (bicyclic) bond motifs is 2. The molecule has 0 spiro atoms. The Bertz CT molecular complexity index is 1270. The fourth-order valence-electron chi connectivity index (χ4n) is 4.69. The van der Waals surface area contributed by atoms with Gasteiger partial charge in [0, 0.05) is 41.8 Å². The molecule has 3 heterocycles. The number of amides is 2. The van der Waals surface area contributed by atoms with Gasteiger partial charge in [-0.25, -0.2) is 9.59 Å². The third kappa shape index (κ3) is 4.58. The molecule has 10 heteroatoms. The lowest BCUT2D eigenvalue weighted by molar-refractivity contribution is 0.0729. The van der Waals surface area contributed by atoms with Crippen molar-refractivity contribution in [1.82, 2.24) is 14.8 Å². The number of H-pyrrole nitrogens is 1. The Morgan fingerprint density at radius 2 is 1.76 bits per heavy atom. The average molecular weight is 490 g/mol. The van der Waals surface area contributed by atoms with Crippen molar-refractivity contribution < 1.29 is 18.7 Å². The Kier molecular flexibility index (Phi) is 5.80. The number of piperidine rings is 1. The molecule has 2 saturated heterocycles. The minimum absolute atomic E-state index is 0.0894. The summed E-state index contributed by atoms with van der Waals surface area (Å²) < 4.78 is 10.5. The summed E-state index contributed by atoms with van der Waals surface area (Å²) in [5.74, 6) is -0.141. The first-order valence-electron chi connectivity index (χ1n) is 10.6. The van der Waals surface area contributed by atoms with Crippen LogP contribution in [0.2, 0.25) is 10.0 Å². The maximum atomic E-state index is 13.0. The van der Waals surface area contributed by atoms with E-state index in [0.29, 0.717) is 58.8 Å². The van der Waals surface area contributed by atoms with Crippen molar-refractivity contribution >= 4 is 46.3 Å². The van der Waals surface area contributed by atoms with Crippen LogP contribution in [0.5, 0.6) is 0 Å². The number of hydrogen-bond acceptors (Lipinski definition) is 5. The number of aromatic nitrogens is 1. The molecule has 0 radical (unpaired) electrons. The molecule has 2 aliphatic rings. The number of rotatable bonds is 3. The Balaban J connectivity index is 1.19. The molecule has 0 bridgehead atoms. The number of benzene rings is 2. The molecule has 0 saturated carbocycles. The van der Waals surface area contributed by atoms with E-state index >= 15 is 0 Å². The van der Waals surface area contributed by atoms with Gasteiger partial charge in [0.15, 0.2) is 5.58 Å². The van der Waals surface area contributed by atoms with Gasteiger partial charge in [-0.05, 0) is 60.2 Å². The number of ether oxygens (including phenoxy) is 1. The lowest BCUT2D eigenvalue weighted by Gasteiger charge is -2.33. The summed E-state index contributed by atoms with van der Waals surface area (Å²) >= 11 is 12.0. The summed E-state index contributed by atoms with van der Waals surface area (Å²) in [5.41, 5.74) is 2.11. The van der Waals surface area contributed by atoms with Crippen molar-refractivity contribution in [3.63, 3.8) is 0 Å². The molecule has 1 N–H and O–H groups in total. The maximum absolute atomic E-state index is 13.0. The van der Waals surface area contributed by atoms with E-state index in [1.807, 2.05) is 4.90 Å². The van der Waals surface area contributed by atoms with Gasteiger partial charge in [-0.1, -0.05) is 23.2 Å². The van der Waals surface area contributed by atoms with E-state index in [1.165, 1.54) is 0 Å². The highest BCUT2D eigenvalue weighted by atomic mass is 35.5. The lowest BCUT2D eigenvalue weighted by atomic mass is 9.89. The van der Waals surface area contributed by atoms with Crippen LogP contribution in [0.4, 0.5) is 4.79 Å². The predicted octanol–water partition coefficient (Wildman–Crippen LogP) is 4.16. The second-order valence-electron chi connectivity index (χ2n) is 8.52. The quantitative estimate of drug-likeness (QED) is 0.595. The number of aromatic amines is 1. The molecule has 2 fully saturated rings. The van der Waals surface area contributed by atoms with Crippen molar-refractivity contribution in [2.75, 3.05) is 26.2 Å². The van der Waals surface area contributed by atoms with Crippen molar-refractivity contribution in [1.29, 1.82) is 0 Å². The molecule has 8 nitrogen and oxygen atoms in total. The zero-order valence-electron chi connectivity index (χ0n) is 17.6. The van der Waals surface area contributed by atoms with Crippen LogP contribution in [0.3, 0.4) is 0 Å². The number of halogens is 2. The normalized spacial score (nSPS) is 20.2. The third-order valence-electron chi connectivity index (χ3n) is 6.30. The van der Waals surface area contributed by atoms with Crippen molar-refractivity contribution in [3.8, 4) is 0 Å². The van der Waals surface area contributed by atoms with E-state index < -0.39 is 5.76 Å². The molecular formula is C23H21Cl2N3O5. The Morgan fingerprint density at radius 3 is 2.55 bits per heavy atom. The van der Waals surface area contributed by atoms with Gasteiger partial charge in [0.05, 0.1) is 5.52 Å². The van der Waals surface area contributed by atoms with E-state index in [0.717, 1.165) is 12.0 Å². The summed E-state index contributed by atoms with van der Waals surface area (Å²) in [7, 11) is 0. The van der Waals surface area contributed by atoms with E-state index in [1.54, 1.807) is 41.3 Å². The molecular weight excluding hydrogens is 469 g/mol. The van der Waals surface area contributed by atoms with Gasteiger partial charge >= 0.3 is 11.8 Å². The molecule has 5 rings (SSSR count). The van der Waals surface area contributed by atoms with Gasteiger partial charge in [-0.2, -0.15) is 0 Å². The molecule has 2 aromatic carbocycles. The first-order chi connectivity index (χ1) is 15.9. The van der Waals surface area contributed by atoms with Gasteiger partial charge in [-0.3, -0.25) is 9.78 Å². The smallest absolute Gasteiger partial charge is 0.417 e. The number of nitrogens with zero attached hydrogens (tertiary/aromatic N) is 2. The highest BCUT2D eigenvalue weighted by Crippen LogP contribution is 2.32. The zero-order valence-corrected chi connectivity index (χ0v) is 19.1. The second kappa shape index (κ2) is 8.76. The van der Waals surface area contributed by atoms with E-state index in [4.69, 9.17) is 32.4 Å². The highest BCUT2D eigenvalue weighted by Gasteiger charge is 2.40. The molecule has 0 aliphatic carbocycles. The number of carbonyl (C=O) groups is 2. The van der Waals surface area contributed by atoms with Crippen molar-refractivity contribution in [3.05, 3.63) is 68.1 Å². The van der Waals surface area contributed by atoms with Gasteiger partial charge in [0.1, 0.15) is 6.61 Å². The monoisotopic (exact) mass is 489 g/mol. The van der Waals surface area contributed by atoms with E-state index in [9.17, 15) is 14.4 Å². The molecule has 2 atom stereocenters. The van der Waals surface area contributed by atoms with Crippen LogP contribution in [0.15, 0.2) is 45.6 Å². The van der Waals surface area contributed by atoms with Crippen LogP contribution in [0.25, 0.3) is 11.1 Å². The Labute approximate surface area is 199 Å². The van der Waals surface area contributed by atoms with Gasteiger partial charge in [0.2, 0.25) is 0 Å². The Hall–Kier alpha value is -2.97. The molecule has 1 unspecified atom stereocenters. The number of likely N-dealkylation sites (tertiary alicyclic amines) is 2. The van der Waals surface area contributed by atoms with Gasteiger partial charge in [0.25, 0.3) is 5.91 Å². The fourth-order valence-corrected chi connectivity index (χ4v) is 5.26. The van der Waals surface area contributed by atoms with E-state index in [-0.39, 0.29) is 24.5 Å². The van der Waals surface area contributed by atoms with Crippen LogP contribution >= 0.6 is 23.2 Å². The first-order valence-corrected chi connectivity index (χ1v) is 11.4. The molecule has 172 valence electrons. The number of carbonyl (C=O) groups excluding carboxylic acids is 2. The average Bonchev–Trinajstić information content (AvgIpc) is 3.37.